The number of benzene rings is 2. The van der Waals surface area contributed by atoms with Crippen molar-refractivity contribution in [2.24, 2.45) is 4.99 Å². The van der Waals surface area contributed by atoms with E-state index in [9.17, 15) is 10.1 Å². The van der Waals surface area contributed by atoms with Crippen LogP contribution in [0.2, 0.25) is 0 Å². The number of imidazole rings is 1. The van der Waals surface area contributed by atoms with Crippen molar-refractivity contribution < 1.29 is 4.92 Å². The van der Waals surface area contributed by atoms with Gasteiger partial charge in [-0.1, -0.05) is 6.07 Å². The number of aromatic amines is 1. The summed E-state index contributed by atoms with van der Waals surface area (Å²) in [5, 5.41) is 10.9. The van der Waals surface area contributed by atoms with Gasteiger partial charge in [0.05, 0.1) is 26.1 Å². The summed E-state index contributed by atoms with van der Waals surface area (Å²) in [4.78, 5) is 22.3. The van der Waals surface area contributed by atoms with Crippen LogP contribution in [0, 0.1) is 17.0 Å². The largest absolute Gasteiger partial charge is 0.342 e. The van der Waals surface area contributed by atoms with E-state index in [4.69, 9.17) is 0 Å². The minimum absolute atomic E-state index is 0.0172. The summed E-state index contributed by atoms with van der Waals surface area (Å²) >= 11 is 3.16. The van der Waals surface area contributed by atoms with Crippen LogP contribution in [-0.4, -0.2) is 21.1 Å². The van der Waals surface area contributed by atoms with Gasteiger partial charge < -0.3 is 4.98 Å². The van der Waals surface area contributed by atoms with Crippen LogP contribution in [0.1, 0.15) is 11.4 Å². The quantitative estimate of drug-likeness (QED) is 0.430. The first kappa shape index (κ1) is 14.4. The van der Waals surface area contributed by atoms with Gasteiger partial charge in [-0.25, -0.2) is 4.98 Å². The maximum absolute atomic E-state index is 10.9. The molecule has 0 unspecified atom stereocenters. The first-order valence-corrected chi connectivity index (χ1v) is 7.26. The summed E-state index contributed by atoms with van der Waals surface area (Å²) in [6, 6.07) is 10.5. The highest BCUT2D eigenvalue weighted by molar-refractivity contribution is 9.10. The predicted molar refractivity (Wildman–Crippen MR) is 88.9 cm³/mol. The van der Waals surface area contributed by atoms with Gasteiger partial charge in [-0.2, -0.15) is 0 Å². The monoisotopic (exact) mass is 358 g/mol. The molecule has 0 saturated heterocycles. The van der Waals surface area contributed by atoms with Gasteiger partial charge in [0, 0.05) is 12.3 Å². The van der Waals surface area contributed by atoms with Crippen molar-refractivity contribution in [1.29, 1.82) is 0 Å². The van der Waals surface area contributed by atoms with E-state index in [1.807, 2.05) is 25.1 Å². The molecular formula is C15H11BrN4O2. The number of aromatic nitrogens is 2. The maximum atomic E-state index is 10.9. The van der Waals surface area contributed by atoms with E-state index in [-0.39, 0.29) is 5.69 Å². The summed E-state index contributed by atoms with van der Waals surface area (Å²) in [5.41, 5.74) is 3.23. The smallest absolute Gasteiger partial charge is 0.284 e. The molecular weight excluding hydrogens is 348 g/mol. The van der Waals surface area contributed by atoms with Crippen LogP contribution in [0.4, 0.5) is 11.4 Å². The normalized spacial score (nSPS) is 11.4. The molecule has 0 saturated carbocycles. The van der Waals surface area contributed by atoms with Gasteiger partial charge in [-0.15, -0.1) is 0 Å². The van der Waals surface area contributed by atoms with Crippen molar-refractivity contribution >= 4 is 44.6 Å². The molecule has 0 radical (unpaired) electrons. The molecule has 6 nitrogen and oxygen atoms in total. The lowest BCUT2D eigenvalue weighted by atomic mass is 10.2. The molecule has 0 bridgehead atoms. The number of fused-ring (bicyclic) bond motifs is 1. The molecule has 0 fully saturated rings. The summed E-state index contributed by atoms with van der Waals surface area (Å²) < 4.78 is 0.448. The van der Waals surface area contributed by atoms with Crippen LogP contribution in [-0.2, 0) is 0 Å². The van der Waals surface area contributed by atoms with E-state index in [2.05, 4.69) is 30.9 Å². The van der Waals surface area contributed by atoms with Crippen LogP contribution in [0.25, 0.3) is 11.0 Å². The molecule has 0 aliphatic rings. The Labute approximate surface area is 134 Å². The Kier molecular flexibility index (Phi) is 3.72. The van der Waals surface area contributed by atoms with Crippen LogP contribution >= 0.6 is 15.9 Å². The van der Waals surface area contributed by atoms with Gasteiger partial charge in [-0.3, -0.25) is 15.1 Å². The Hall–Kier alpha value is -2.54. The fraction of sp³-hybridized carbons (Fsp3) is 0.0667. The highest BCUT2D eigenvalue weighted by Gasteiger charge is 2.11. The molecule has 0 atom stereocenters. The first-order valence-electron chi connectivity index (χ1n) is 6.47. The number of nitrogens with zero attached hydrogens (tertiary/aromatic N) is 3. The molecule has 0 spiro atoms. The van der Waals surface area contributed by atoms with Crippen LogP contribution in [0.15, 0.2) is 45.9 Å². The summed E-state index contributed by atoms with van der Waals surface area (Å²) in [5.74, 6) is 0.847. The predicted octanol–water partition coefficient (Wildman–Crippen LogP) is 4.29. The molecule has 0 aliphatic carbocycles. The summed E-state index contributed by atoms with van der Waals surface area (Å²) in [6.45, 7) is 1.89. The highest BCUT2D eigenvalue weighted by Crippen LogP contribution is 2.25. The third-order valence-corrected chi connectivity index (χ3v) is 3.78. The van der Waals surface area contributed by atoms with E-state index in [1.165, 1.54) is 6.07 Å². The second-order valence-electron chi connectivity index (χ2n) is 4.75. The van der Waals surface area contributed by atoms with Crippen molar-refractivity contribution in [3.8, 4) is 0 Å². The highest BCUT2D eigenvalue weighted by atomic mass is 79.9. The Morgan fingerprint density at radius 2 is 2.14 bits per heavy atom. The lowest BCUT2D eigenvalue weighted by Crippen LogP contribution is -1.91. The van der Waals surface area contributed by atoms with Gasteiger partial charge >= 0.3 is 0 Å². The standard InChI is InChI=1S/C15H11BrN4O2/c1-9-18-13-5-3-11(7-14(13)19-9)17-8-10-2-4-12(16)15(6-10)20(21)22/h2-8H,1H3,(H,18,19). The first-order chi connectivity index (χ1) is 10.5. The number of aliphatic imine (C=N–C) groups is 1. The van der Waals surface area contributed by atoms with E-state index < -0.39 is 4.92 Å². The Morgan fingerprint density at radius 3 is 2.91 bits per heavy atom. The molecule has 3 aromatic rings. The zero-order valence-corrected chi connectivity index (χ0v) is 13.2. The number of nitro benzene ring substituents is 1. The van der Waals surface area contributed by atoms with Crippen LogP contribution in [0.3, 0.4) is 0 Å². The lowest BCUT2D eigenvalue weighted by molar-refractivity contribution is -0.385. The molecule has 3 rings (SSSR count). The van der Waals surface area contributed by atoms with E-state index in [1.54, 1.807) is 18.3 Å². The minimum Gasteiger partial charge on any atom is -0.342 e. The van der Waals surface area contributed by atoms with Crippen molar-refractivity contribution in [3.05, 3.63) is 62.4 Å². The van der Waals surface area contributed by atoms with E-state index >= 15 is 0 Å². The number of nitro groups is 1. The van der Waals surface area contributed by atoms with Gasteiger partial charge in [0.15, 0.2) is 0 Å². The lowest BCUT2D eigenvalue weighted by Gasteiger charge is -1.98. The number of H-pyrrole nitrogens is 1. The van der Waals surface area contributed by atoms with Gasteiger partial charge in [0.25, 0.3) is 5.69 Å². The number of hydrogen-bond donors (Lipinski definition) is 1. The zero-order valence-electron chi connectivity index (χ0n) is 11.6. The SMILES string of the molecule is Cc1nc2ccc(N=Cc3ccc(Br)c([N+](=O)[O-])c3)cc2[nH]1. The molecule has 1 aromatic heterocycles. The molecule has 0 aliphatic heterocycles. The third-order valence-electron chi connectivity index (χ3n) is 3.11. The second kappa shape index (κ2) is 5.69. The number of halogens is 1. The van der Waals surface area contributed by atoms with E-state index in [0.29, 0.717) is 10.0 Å². The Balaban J connectivity index is 1.92. The summed E-state index contributed by atoms with van der Waals surface area (Å²) in [7, 11) is 0. The fourth-order valence-electron chi connectivity index (χ4n) is 2.10. The number of rotatable bonds is 3. The van der Waals surface area contributed by atoms with E-state index in [0.717, 1.165) is 22.5 Å². The number of hydrogen-bond acceptors (Lipinski definition) is 4. The third kappa shape index (κ3) is 2.89. The van der Waals surface area contributed by atoms with Crippen molar-refractivity contribution in [2.75, 3.05) is 0 Å². The number of nitrogens with one attached hydrogen (secondary N) is 1. The molecule has 2 aromatic carbocycles. The topological polar surface area (TPSA) is 84.2 Å². The molecule has 1 heterocycles. The molecule has 110 valence electrons. The summed E-state index contributed by atoms with van der Waals surface area (Å²) in [6.07, 6.45) is 1.60. The molecule has 7 heteroatoms. The Morgan fingerprint density at radius 1 is 1.32 bits per heavy atom. The molecule has 22 heavy (non-hydrogen) atoms. The van der Waals surface area contributed by atoms with Crippen molar-refractivity contribution in [1.82, 2.24) is 9.97 Å². The minimum atomic E-state index is -0.430. The van der Waals surface area contributed by atoms with Crippen LogP contribution in [0.5, 0.6) is 0 Å². The van der Waals surface area contributed by atoms with Crippen molar-refractivity contribution in [3.63, 3.8) is 0 Å². The maximum Gasteiger partial charge on any atom is 0.284 e. The van der Waals surface area contributed by atoms with Gasteiger partial charge in [0.1, 0.15) is 5.82 Å². The Bertz CT molecular complexity index is 902. The van der Waals surface area contributed by atoms with Gasteiger partial charge in [-0.05, 0) is 52.7 Å². The second-order valence-corrected chi connectivity index (χ2v) is 5.60. The average molecular weight is 359 g/mol. The van der Waals surface area contributed by atoms with Crippen molar-refractivity contribution in [2.45, 2.75) is 6.92 Å². The number of aryl methyl sites for hydroxylation is 1. The fourth-order valence-corrected chi connectivity index (χ4v) is 2.50. The van der Waals surface area contributed by atoms with Gasteiger partial charge in [0.2, 0.25) is 0 Å². The van der Waals surface area contributed by atoms with Crippen LogP contribution < -0.4 is 0 Å². The average Bonchev–Trinajstić information content (AvgIpc) is 2.85. The molecule has 0 amide bonds. The molecule has 1 N–H and O–H groups in total. The zero-order chi connectivity index (χ0) is 15.7.